The van der Waals surface area contributed by atoms with E-state index in [0.717, 1.165) is 15.8 Å². The number of carbonyl (C=O) groups is 1. The molecule has 3 rings (SSSR count). The summed E-state index contributed by atoms with van der Waals surface area (Å²) in [5, 5.41) is 9.23. The van der Waals surface area contributed by atoms with Gasteiger partial charge in [-0.25, -0.2) is 0 Å². The van der Waals surface area contributed by atoms with E-state index in [1.54, 1.807) is 18.2 Å². The van der Waals surface area contributed by atoms with Gasteiger partial charge in [0.2, 0.25) is 0 Å². The summed E-state index contributed by atoms with van der Waals surface area (Å²) >= 11 is 3.40. The van der Waals surface area contributed by atoms with E-state index in [0.29, 0.717) is 11.3 Å². The molecule has 3 aromatic rings. The largest absolute Gasteiger partial charge is 0.508 e. The third-order valence-corrected chi connectivity index (χ3v) is 3.83. The zero-order chi connectivity index (χ0) is 16.2. The predicted molar refractivity (Wildman–Crippen MR) is 93.3 cm³/mol. The highest BCUT2D eigenvalue weighted by molar-refractivity contribution is 9.10. The van der Waals surface area contributed by atoms with Crippen molar-refractivity contribution >= 4 is 27.8 Å². The number of phenols is 1. The fourth-order valence-corrected chi connectivity index (χ4v) is 2.36. The third-order valence-electron chi connectivity index (χ3n) is 3.31. The first-order chi connectivity index (χ1) is 11.1. The van der Waals surface area contributed by atoms with Gasteiger partial charge in [-0.05, 0) is 60.7 Å². The van der Waals surface area contributed by atoms with E-state index < -0.39 is 0 Å². The second-order valence-corrected chi connectivity index (χ2v) is 5.87. The second kappa shape index (κ2) is 6.67. The molecule has 23 heavy (non-hydrogen) atoms. The van der Waals surface area contributed by atoms with Gasteiger partial charge < -0.3 is 9.52 Å². The maximum absolute atomic E-state index is 12.0. The van der Waals surface area contributed by atoms with Crippen LogP contribution < -0.4 is 0 Å². The molecule has 4 heteroatoms. The molecule has 0 saturated carbocycles. The summed E-state index contributed by atoms with van der Waals surface area (Å²) in [5.74, 6) is 1.34. The monoisotopic (exact) mass is 368 g/mol. The predicted octanol–water partition coefficient (Wildman–Crippen LogP) is 5.31. The van der Waals surface area contributed by atoms with Crippen molar-refractivity contribution in [3.63, 3.8) is 0 Å². The molecule has 2 aromatic carbocycles. The SMILES string of the molecule is O=C(/C=C/c1ccc(-c2ccc(Br)cc2)o1)c1ccc(O)cc1. The van der Waals surface area contributed by atoms with Crippen molar-refractivity contribution in [3.05, 3.63) is 82.5 Å². The van der Waals surface area contributed by atoms with Crippen molar-refractivity contribution < 1.29 is 14.3 Å². The van der Waals surface area contributed by atoms with Gasteiger partial charge in [-0.15, -0.1) is 0 Å². The van der Waals surface area contributed by atoms with Gasteiger partial charge in [-0.1, -0.05) is 28.1 Å². The number of carbonyl (C=O) groups excluding carboxylic acids is 1. The number of rotatable bonds is 4. The molecule has 1 N–H and O–H groups in total. The van der Waals surface area contributed by atoms with E-state index in [1.807, 2.05) is 36.4 Å². The molecule has 114 valence electrons. The first-order valence-electron chi connectivity index (χ1n) is 6.99. The first-order valence-corrected chi connectivity index (χ1v) is 7.78. The Hall–Kier alpha value is -2.59. The number of halogens is 1. The van der Waals surface area contributed by atoms with Gasteiger partial charge >= 0.3 is 0 Å². The standard InChI is InChI=1S/C19H13BrO3/c20-15-5-1-14(2-6-15)19-12-10-17(23-19)9-11-18(22)13-3-7-16(21)8-4-13/h1-12,21H/b11-9+. The summed E-state index contributed by atoms with van der Waals surface area (Å²) in [6, 6.07) is 17.6. The number of aromatic hydroxyl groups is 1. The Labute approximate surface area is 142 Å². The van der Waals surface area contributed by atoms with Gasteiger partial charge in [-0.3, -0.25) is 4.79 Å². The minimum atomic E-state index is -0.147. The van der Waals surface area contributed by atoms with E-state index in [1.165, 1.54) is 18.2 Å². The molecule has 0 radical (unpaired) electrons. The second-order valence-electron chi connectivity index (χ2n) is 4.95. The zero-order valence-corrected chi connectivity index (χ0v) is 13.7. The Balaban J connectivity index is 1.74. The highest BCUT2D eigenvalue weighted by atomic mass is 79.9. The smallest absolute Gasteiger partial charge is 0.185 e. The molecule has 1 heterocycles. The van der Waals surface area contributed by atoms with E-state index in [9.17, 15) is 9.90 Å². The lowest BCUT2D eigenvalue weighted by atomic mass is 10.1. The minimum Gasteiger partial charge on any atom is -0.508 e. The molecule has 0 aliphatic heterocycles. The van der Waals surface area contributed by atoms with Crippen LogP contribution in [-0.4, -0.2) is 10.9 Å². The van der Waals surface area contributed by atoms with E-state index in [-0.39, 0.29) is 11.5 Å². The maximum atomic E-state index is 12.0. The summed E-state index contributed by atoms with van der Waals surface area (Å²) in [5.41, 5.74) is 1.48. The van der Waals surface area contributed by atoms with Crippen LogP contribution >= 0.6 is 15.9 Å². The average molecular weight is 369 g/mol. The van der Waals surface area contributed by atoms with Crippen LogP contribution in [0.25, 0.3) is 17.4 Å². The Morgan fingerprint density at radius 2 is 1.65 bits per heavy atom. The highest BCUT2D eigenvalue weighted by Crippen LogP contribution is 2.24. The summed E-state index contributed by atoms with van der Waals surface area (Å²) in [7, 11) is 0. The maximum Gasteiger partial charge on any atom is 0.185 e. The molecule has 0 aliphatic carbocycles. The highest BCUT2D eigenvalue weighted by Gasteiger charge is 2.05. The van der Waals surface area contributed by atoms with Crippen LogP contribution in [-0.2, 0) is 0 Å². The van der Waals surface area contributed by atoms with Gasteiger partial charge in [0.05, 0.1) is 0 Å². The normalized spacial score (nSPS) is 11.0. The number of furan rings is 1. The van der Waals surface area contributed by atoms with Gasteiger partial charge in [-0.2, -0.15) is 0 Å². The lowest BCUT2D eigenvalue weighted by molar-refractivity contribution is 0.104. The number of hydrogen-bond acceptors (Lipinski definition) is 3. The molecule has 0 saturated heterocycles. The van der Waals surface area contributed by atoms with Crippen LogP contribution in [0.15, 0.2) is 75.6 Å². The minimum absolute atomic E-state index is 0.135. The summed E-state index contributed by atoms with van der Waals surface area (Å²) < 4.78 is 6.73. The molecule has 1 aromatic heterocycles. The Kier molecular flexibility index (Phi) is 4.44. The zero-order valence-electron chi connectivity index (χ0n) is 12.1. The van der Waals surface area contributed by atoms with E-state index in [2.05, 4.69) is 15.9 Å². The number of allylic oxidation sites excluding steroid dienone is 1. The quantitative estimate of drug-likeness (QED) is 0.501. The topological polar surface area (TPSA) is 50.4 Å². The first kappa shape index (κ1) is 15.3. The van der Waals surface area contributed by atoms with E-state index in [4.69, 9.17) is 4.42 Å². The molecule has 0 unspecified atom stereocenters. The Morgan fingerprint density at radius 3 is 2.35 bits per heavy atom. The molecule has 0 amide bonds. The lowest BCUT2D eigenvalue weighted by Crippen LogP contribution is -1.92. The van der Waals surface area contributed by atoms with Crippen molar-refractivity contribution in [1.82, 2.24) is 0 Å². The van der Waals surface area contributed by atoms with Crippen LogP contribution in [0.4, 0.5) is 0 Å². The summed E-state index contributed by atoms with van der Waals surface area (Å²) in [6.45, 7) is 0. The summed E-state index contributed by atoms with van der Waals surface area (Å²) in [6.07, 6.45) is 3.09. The van der Waals surface area contributed by atoms with Crippen molar-refractivity contribution in [2.75, 3.05) is 0 Å². The van der Waals surface area contributed by atoms with Gasteiger partial charge in [0.15, 0.2) is 5.78 Å². The Morgan fingerprint density at radius 1 is 0.957 bits per heavy atom. The van der Waals surface area contributed by atoms with Crippen molar-refractivity contribution in [1.29, 1.82) is 0 Å². The summed E-state index contributed by atoms with van der Waals surface area (Å²) in [4.78, 5) is 12.0. The van der Waals surface area contributed by atoms with Crippen LogP contribution in [0.2, 0.25) is 0 Å². The number of hydrogen-bond donors (Lipinski definition) is 1. The molecule has 0 aliphatic rings. The number of ketones is 1. The average Bonchev–Trinajstić information content (AvgIpc) is 3.03. The molecule has 0 atom stereocenters. The molecule has 0 bridgehead atoms. The van der Waals surface area contributed by atoms with Crippen molar-refractivity contribution in [2.24, 2.45) is 0 Å². The van der Waals surface area contributed by atoms with Crippen molar-refractivity contribution in [2.45, 2.75) is 0 Å². The number of phenolic OH excluding ortho intramolecular Hbond substituents is 1. The molecule has 3 nitrogen and oxygen atoms in total. The number of benzene rings is 2. The van der Waals surface area contributed by atoms with Crippen LogP contribution in [0.3, 0.4) is 0 Å². The van der Waals surface area contributed by atoms with Gasteiger partial charge in [0.1, 0.15) is 17.3 Å². The molecule has 0 fully saturated rings. The van der Waals surface area contributed by atoms with Crippen molar-refractivity contribution in [3.8, 4) is 17.1 Å². The van der Waals surface area contributed by atoms with Gasteiger partial charge in [0, 0.05) is 15.6 Å². The third kappa shape index (κ3) is 3.79. The lowest BCUT2D eigenvalue weighted by Gasteiger charge is -1.97. The Bertz CT molecular complexity index is 843. The molecular weight excluding hydrogens is 356 g/mol. The van der Waals surface area contributed by atoms with Crippen LogP contribution in [0.1, 0.15) is 16.1 Å². The van der Waals surface area contributed by atoms with Crippen LogP contribution in [0, 0.1) is 0 Å². The van der Waals surface area contributed by atoms with E-state index >= 15 is 0 Å². The van der Waals surface area contributed by atoms with Gasteiger partial charge in [0.25, 0.3) is 0 Å². The molecule has 0 spiro atoms. The fraction of sp³-hybridized carbons (Fsp3) is 0. The fourth-order valence-electron chi connectivity index (χ4n) is 2.09. The molecular formula is C19H13BrO3. The van der Waals surface area contributed by atoms with Crippen LogP contribution in [0.5, 0.6) is 5.75 Å².